The number of amides is 1. The Labute approximate surface area is 172 Å². The van der Waals surface area contributed by atoms with Gasteiger partial charge in [0.1, 0.15) is 5.75 Å². The Morgan fingerprint density at radius 3 is 2.28 bits per heavy atom. The SMILES string of the molecule is O=C(NC(c1ccccc1)c1ccc(OC(F)F)cc1)C1Cc2ccccc2S1. The molecule has 1 N–H and O–H groups in total. The van der Waals surface area contributed by atoms with Crippen LogP contribution in [-0.2, 0) is 11.2 Å². The van der Waals surface area contributed by atoms with Gasteiger partial charge in [0, 0.05) is 4.90 Å². The standard InChI is InChI=1S/C23H19F2NO2S/c24-23(25)28-18-12-10-16(11-13-18)21(15-6-2-1-3-7-15)26-22(27)20-14-17-8-4-5-9-19(17)29-20/h1-13,20-21,23H,14H2,(H,26,27). The summed E-state index contributed by atoms with van der Waals surface area (Å²) in [6, 6.07) is 23.6. The highest BCUT2D eigenvalue weighted by molar-refractivity contribution is 8.01. The monoisotopic (exact) mass is 411 g/mol. The maximum atomic E-state index is 13.0. The molecular formula is C23H19F2NO2S. The maximum Gasteiger partial charge on any atom is 0.387 e. The van der Waals surface area contributed by atoms with Gasteiger partial charge in [-0.2, -0.15) is 8.78 Å². The molecule has 3 aromatic carbocycles. The summed E-state index contributed by atoms with van der Waals surface area (Å²) in [5.41, 5.74) is 2.90. The van der Waals surface area contributed by atoms with E-state index in [0.29, 0.717) is 6.42 Å². The van der Waals surface area contributed by atoms with Gasteiger partial charge in [-0.05, 0) is 41.3 Å². The van der Waals surface area contributed by atoms with E-state index in [9.17, 15) is 13.6 Å². The second kappa shape index (κ2) is 8.66. The normalized spacial score (nSPS) is 16.3. The number of thioether (sulfide) groups is 1. The molecule has 0 saturated heterocycles. The molecule has 0 spiro atoms. The Hall–Kier alpha value is -2.86. The number of alkyl halides is 2. The highest BCUT2D eigenvalue weighted by Gasteiger charge is 2.30. The first-order valence-corrected chi connectivity index (χ1v) is 10.1. The molecule has 0 saturated carbocycles. The smallest absolute Gasteiger partial charge is 0.387 e. The Kier molecular flexibility index (Phi) is 5.81. The van der Waals surface area contributed by atoms with E-state index in [4.69, 9.17) is 0 Å². The van der Waals surface area contributed by atoms with Gasteiger partial charge in [-0.25, -0.2) is 0 Å². The molecule has 0 aromatic heterocycles. The number of hydrogen-bond acceptors (Lipinski definition) is 3. The van der Waals surface area contributed by atoms with Crippen molar-refractivity contribution in [2.75, 3.05) is 0 Å². The van der Waals surface area contributed by atoms with Crippen LogP contribution in [0.4, 0.5) is 8.78 Å². The Bertz CT molecular complexity index is 955. The van der Waals surface area contributed by atoms with Gasteiger partial charge in [-0.1, -0.05) is 60.7 Å². The van der Waals surface area contributed by atoms with Crippen LogP contribution in [0.5, 0.6) is 5.75 Å². The zero-order valence-electron chi connectivity index (χ0n) is 15.4. The predicted octanol–water partition coefficient (Wildman–Crippen LogP) is 5.21. The molecule has 2 unspecified atom stereocenters. The van der Waals surface area contributed by atoms with Crippen molar-refractivity contribution in [2.45, 2.75) is 29.2 Å². The van der Waals surface area contributed by atoms with Crippen molar-refractivity contribution in [3.63, 3.8) is 0 Å². The van der Waals surface area contributed by atoms with Crippen LogP contribution in [0.1, 0.15) is 22.7 Å². The molecule has 3 aromatic rings. The molecule has 0 fully saturated rings. The van der Waals surface area contributed by atoms with Crippen LogP contribution in [0.15, 0.2) is 83.8 Å². The fourth-order valence-electron chi connectivity index (χ4n) is 3.41. The summed E-state index contributed by atoms with van der Waals surface area (Å²) >= 11 is 1.57. The molecule has 4 rings (SSSR count). The molecule has 1 heterocycles. The summed E-state index contributed by atoms with van der Waals surface area (Å²) in [5.74, 6) is 0.0386. The first-order chi connectivity index (χ1) is 14.1. The highest BCUT2D eigenvalue weighted by atomic mass is 32.2. The third-order valence-electron chi connectivity index (χ3n) is 4.80. The largest absolute Gasteiger partial charge is 0.435 e. The topological polar surface area (TPSA) is 38.3 Å². The second-order valence-electron chi connectivity index (χ2n) is 6.72. The molecule has 2 atom stereocenters. The fraction of sp³-hybridized carbons (Fsp3) is 0.174. The number of halogens is 2. The number of carbonyl (C=O) groups is 1. The summed E-state index contributed by atoms with van der Waals surface area (Å²) in [7, 11) is 0. The van der Waals surface area contributed by atoms with Crippen LogP contribution in [0, 0.1) is 0 Å². The lowest BCUT2D eigenvalue weighted by atomic mass is 9.98. The predicted molar refractivity (Wildman–Crippen MR) is 109 cm³/mol. The lowest BCUT2D eigenvalue weighted by Gasteiger charge is -2.22. The molecule has 0 bridgehead atoms. The zero-order chi connectivity index (χ0) is 20.2. The Balaban J connectivity index is 1.55. The average molecular weight is 411 g/mol. The number of ether oxygens (including phenoxy) is 1. The molecule has 0 radical (unpaired) electrons. The van der Waals surface area contributed by atoms with Gasteiger partial charge in [0.15, 0.2) is 0 Å². The second-order valence-corrected chi connectivity index (χ2v) is 7.96. The van der Waals surface area contributed by atoms with Crippen molar-refractivity contribution < 1.29 is 18.3 Å². The number of hydrogen-bond donors (Lipinski definition) is 1. The third-order valence-corrected chi connectivity index (χ3v) is 6.12. The van der Waals surface area contributed by atoms with E-state index >= 15 is 0 Å². The van der Waals surface area contributed by atoms with Crippen LogP contribution in [0.2, 0.25) is 0 Å². The fourth-order valence-corrected chi connectivity index (χ4v) is 4.61. The number of carbonyl (C=O) groups excluding carboxylic acids is 1. The summed E-state index contributed by atoms with van der Waals surface area (Å²) in [4.78, 5) is 14.2. The number of nitrogens with one attached hydrogen (secondary N) is 1. The molecular weight excluding hydrogens is 392 g/mol. The van der Waals surface area contributed by atoms with Crippen LogP contribution in [0.25, 0.3) is 0 Å². The molecule has 1 amide bonds. The summed E-state index contributed by atoms with van der Waals surface area (Å²) < 4.78 is 29.3. The van der Waals surface area contributed by atoms with Crippen LogP contribution in [0.3, 0.4) is 0 Å². The minimum absolute atomic E-state index is 0.0482. The van der Waals surface area contributed by atoms with Crippen LogP contribution >= 0.6 is 11.8 Å². The quantitative estimate of drug-likeness (QED) is 0.605. The van der Waals surface area contributed by atoms with E-state index in [0.717, 1.165) is 16.0 Å². The van der Waals surface area contributed by atoms with Gasteiger partial charge in [-0.15, -0.1) is 11.8 Å². The summed E-state index contributed by atoms with van der Waals surface area (Å²) in [6.45, 7) is -2.87. The molecule has 1 aliphatic rings. The minimum Gasteiger partial charge on any atom is -0.435 e. The van der Waals surface area contributed by atoms with E-state index in [1.54, 1.807) is 23.9 Å². The van der Waals surface area contributed by atoms with E-state index in [-0.39, 0.29) is 22.9 Å². The average Bonchev–Trinajstić information content (AvgIpc) is 3.17. The van der Waals surface area contributed by atoms with Crippen molar-refractivity contribution >= 4 is 17.7 Å². The van der Waals surface area contributed by atoms with E-state index in [2.05, 4.69) is 10.1 Å². The Morgan fingerprint density at radius 2 is 1.59 bits per heavy atom. The van der Waals surface area contributed by atoms with Crippen molar-refractivity contribution in [1.29, 1.82) is 0 Å². The van der Waals surface area contributed by atoms with Crippen LogP contribution in [-0.4, -0.2) is 17.8 Å². The number of fused-ring (bicyclic) bond motifs is 1. The van der Waals surface area contributed by atoms with Crippen LogP contribution < -0.4 is 10.1 Å². The number of benzene rings is 3. The molecule has 6 heteroatoms. The lowest BCUT2D eigenvalue weighted by molar-refractivity contribution is -0.121. The van der Waals surface area contributed by atoms with Gasteiger partial charge in [-0.3, -0.25) is 4.79 Å². The van der Waals surface area contributed by atoms with Gasteiger partial charge in [0.05, 0.1) is 11.3 Å². The zero-order valence-corrected chi connectivity index (χ0v) is 16.2. The maximum absolute atomic E-state index is 13.0. The minimum atomic E-state index is -2.87. The van der Waals surface area contributed by atoms with E-state index in [1.165, 1.54) is 17.7 Å². The lowest BCUT2D eigenvalue weighted by Crippen LogP contribution is -2.36. The first-order valence-electron chi connectivity index (χ1n) is 9.25. The van der Waals surface area contributed by atoms with Crippen molar-refractivity contribution in [2.24, 2.45) is 0 Å². The summed E-state index contributed by atoms with van der Waals surface area (Å²) in [5, 5.41) is 2.94. The van der Waals surface area contributed by atoms with Crippen molar-refractivity contribution in [1.82, 2.24) is 5.32 Å². The molecule has 0 aliphatic carbocycles. The molecule has 148 valence electrons. The highest BCUT2D eigenvalue weighted by Crippen LogP contribution is 2.37. The molecule has 1 aliphatic heterocycles. The number of rotatable bonds is 6. The van der Waals surface area contributed by atoms with Gasteiger partial charge in [0.2, 0.25) is 5.91 Å². The van der Waals surface area contributed by atoms with E-state index in [1.807, 2.05) is 54.6 Å². The Morgan fingerprint density at radius 1 is 0.931 bits per heavy atom. The van der Waals surface area contributed by atoms with Gasteiger partial charge >= 0.3 is 6.61 Å². The van der Waals surface area contributed by atoms with E-state index < -0.39 is 6.61 Å². The van der Waals surface area contributed by atoms with Crippen molar-refractivity contribution in [3.8, 4) is 5.75 Å². The third kappa shape index (κ3) is 4.59. The molecule has 29 heavy (non-hydrogen) atoms. The van der Waals surface area contributed by atoms with Crippen molar-refractivity contribution in [3.05, 3.63) is 95.6 Å². The summed E-state index contributed by atoms with van der Waals surface area (Å²) in [6.07, 6.45) is 0.690. The molecule has 3 nitrogen and oxygen atoms in total. The van der Waals surface area contributed by atoms with Gasteiger partial charge < -0.3 is 10.1 Å². The van der Waals surface area contributed by atoms with Gasteiger partial charge in [0.25, 0.3) is 0 Å². The first kappa shape index (κ1) is 19.5.